The summed E-state index contributed by atoms with van der Waals surface area (Å²) in [5, 5.41) is 0. The molecule has 27 heavy (non-hydrogen) atoms. The second kappa shape index (κ2) is 25.9. The molecule has 0 aromatic heterocycles. The summed E-state index contributed by atoms with van der Waals surface area (Å²) in [6.45, 7) is 6.80. The lowest BCUT2D eigenvalue weighted by molar-refractivity contribution is -0.0556. The predicted molar refractivity (Wildman–Crippen MR) is 120 cm³/mol. The molecule has 0 aromatic rings. The van der Waals surface area contributed by atoms with Gasteiger partial charge in [0.25, 0.3) is 0 Å². The normalized spacial score (nSPS) is 11.3. The van der Waals surface area contributed by atoms with Crippen molar-refractivity contribution >= 4 is 0 Å². The minimum Gasteiger partial charge on any atom is -0.355 e. The first-order valence-electron chi connectivity index (χ1n) is 12.6. The molecule has 0 bridgehead atoms. The summed E-state index contributed by atoms with van der Waals surface area (Å²) in [5.41, 5.74) is 0. The Morgan fingerprint density at radius 2 is 0.593 bits per heavy atom. The Labute approximate surface area is 172 Å². The van der Waals surface area contributed by atoms with Gasteiger partial charge in [0, 0.05) is 13.2 Å². The van der Waals surface area contributed by atoms with Crippen molar-refractivity contribution in [3.8, 4) is 0 Å². The molecule has 0 heterocycles. The number of unbranched alkanes of at least 4 members (excludes halogenated alkanes) is 18. The minimum atomic E-state index is 0.495. The highest BCUT2D eigenvalue weighted by molar-refractivity contribution is 4.48. The standard InChI is InChI=1S/C25H52O2/c1-3-5-7-9-11-13-15-17-19-21-23-26-25-27-24-22-20-18-16-14-12-10-8-6-4-2/h3-25H2,1-2H3. The Kier molecular flexibility index (Phi) is 25.8. The maximum Gasteiger partial charge on any atom is 0.146 e. The van der Waals surface area contributed by atoms with Crippen molar-refractivity contribution < 1.29 is 9.47 Å². The lowest BCUT2D eigenvalue weighted by atomic mass is 10.1. The van der Waals surface area contributed by atoms with Crippen molar-refractivity contribution in [1.29, 1.82) is 0 Å². The molecule has 0 aliphatic carbocycles. The molecule has 0 aliphatic rings. The molecular formula is C25H52O2. The van der Waals surface area contributed by atoms with Gasteiger partial charge in [0.05, 0.1) is 0 Å². The Hall–Kier alpha value is -0.0800. The zero-order chi connectivity index (χ0) is 19.7. The van der Waals surface area contributed by atoms with Gasteiger partial charge >= 0.3 is 0 Å². The van der Waals surface area contributed by atoms with E-state index < -0.39 is 0 Å². The third-order valence-corrected chi connectivity index (χ3v) is 5.45. The lowest BCUT2D eigenvalue weighted by Crippen LogP contribution is -2.03. The molecule has 0 unspecified atom stereocenters. The molecule has 164 valence electrons. The highest BCUT2D eigenvalue weighted by Crippen LogP contribution is 2.11. The van der Waals surface area contributed by atoms with Gasteiger partial charge in [0.15, 0.2) is 0 Å². The van der Waals surface area contributed by atoms with Gasteiger partial charge in [0.1, 0.15) is 6.79 Å². The van der Waals surface area contributed by atoms with Crippen LogP contribution in [0.15, 0.2) is 0 Å². The maximum absolute atomic E-state index is 5.58. The van der Waals surface area contributed by atoms with Crippen LogP contribution in [0.2, 0.25) is 0 Å². The van der Waals surface area contributed by atoms with Gasteiger partial charge in [-0.2, -0.15) is 0 Å². The van der Waals surface area contributed by atoms with E-state index in [4.69, 9.17) is 9.47 Å². The van der Waals surface area contributed by atoms with Gasteiger partial charge in [-0.05, 0) is 12.8 Å². The molecule has 0 rings (SSSR count). The fourth-order valence-corrected chi connectivity index (χ4v) is 3.56. The second-order valence-electron chi connectivity index (χ2n) is 8.30. The van der Waals surface area contributed by atoms with Crippen LogP contribution in [0.25, 0.3) is 0 Å². The lowest BCUT2D eigenvalue weighted by Gasteiger charge is -2.06. The average Bonchev–Trinajstić information content (AvgIpc) is 2.68. The summed E-state index contributed by atoms with van der Waals surface area (Å²) in [5.74, 6) is 0. The maximum atomic E-state index is 5.58. The highest BCUT2D eigenvalue weighted by Gasteiger charge is 1.95. The molecule has 0 spiro atoms. The molecule has 0 aliphatic heterocycles. The molecule has 0 atom stereocenters. The molecule has 0 N–H and O–H groups in total. The molecule has 2 nitrogen and oxygen atoms in total. The summed E-state index contributed by atoms with van der Waals surface area (Å²) in [7, 11) is 0. The van der Waals surface area contributed by atoms with Crippen molar-refractivity contribution in [2.45, 2.75) is 142 Å². The van der Waals surface area contributed by atoms with E-state index in [0.717, 1.165) is 13.2 Å². The smallest absolute Gasteiger partial charge is 0.146 e. The van der Waals surface area contributed by atoms with Crippen molar-refractivity contribution in [3.63, 3.8) is 0 Å². The van der Waals surface area contributed by atoms with E-state index in [2.05, 4.69) is 13.8 Å². The van der Waals surface area contributed by atoms with Crippen LogP contribution in [0.4, 0.5) is 0 Å². The summed E-state index contributed by atoms with van der Waals surface area (Å²) >= 11 is 0. The first kappa shape index (κ1) is 26.9. The Bertz CT molecular complexity index is 218. The van der Waals surface area contributed by atoms with Crippen molar-refractivity contribution in [2.24, 2.45) is 0 Å². The van der Waals surface area contributed by atoms with E-state index in [1.165, 1.54) is 128 Å². The molecule has 0 saturated carbocycles. The van der Waals surface area contributed by atoms with Crippen molar-refractivity contribution in [3.05, 3.63) is 0 Å². The summed E-state index contributed by atoms with van der Waals surface area (Å²) in [4.78, 5) is 0. The van der Waals surface area contributed by atoms with Crippen LogP contribution in [0.1, 0.15) is 142 Å². The molecular weight excluding hydrogens is 332 g/mol. The van der Waals surface area contributed by atoms with Gasteiger partial charge in [-0.25, -0.2) is 0 Å². The Morgan fingerprint density at radius 3 is 0.889 bits per heavy atom. The Balaban J connectivity index is 2.95. The van der Waals surface area contributed by atoms with Crippen LogP contribution in [-0.2, 0) is 9.47 Å². The topological polar surface area (TPSA) is 18.5 Å². The Morgan fingerprint density at radius 1 is 0.333 bits per heavy atom. The van der Waals surface area contributed by atoms with E-state index in [0.29, 0.717) is 6.79 Å². The zero-order valence-corrected chi connectivity index (χ0v) is 19.1. The zero-order valence-electron chi connectivity index (χ0n) is 19.1. The number of hydrogen-bond donors (Lipinski definition) is 0. The van der Waals surface area contributed by atoms with Gasteiger partial charge in [0.2, 0.25) is 0 Å². The second-order valence-corrected chi connectivity index (χ2v) is 8.30. The van der Waals surface area contributed by atoms with Gasteiger partial charge in [-0.3, -0.25) is 0 Å². The highest BCUT2D eigenvalue weighted by atomic mass is 16.7. The quantitative estimate of drug-likeness (QED) is 0.122. The van der Waals surface area contributed by atoms with E-state index >= 15 is 0 Å². The first-order chi connectivity index (χ1) is 13.4. The van der Waals surface area contributed by atoms with Crippen LogP contribution < -0.4 is 0 Å². The minimum absolute atomic E-state index is 0.495. The predicted octanol–water partition coefficient (Wildman–Crippen LogP) is 8.82. The van der Waals surface area contributed by atoms with Gasteiger partial charge in [-0.15, -0.1) is 0 Å². The SMILES string of the molecule is CCCCCCCCCCCCOCOCCCCCCCCCCCC. The fraction of sp³-hybridized carbons (Fsp3) is 1.00. The third-order valence-electron chi connectivity index (χ3n) is 5.45. The van der Waals surface area contributed by atoms with E-state index in [9.17, 15) is 0 Å². The monoisotopic (exact) mass is 384 g/mol. The number of ether oxygens (including phenoxy) is 2. The molecule has 0 saturated heterocycles. The summed E-state index contributed by atoms with van der Waals surface area (Å²) < 4.78 is 11.2. The molecule has 0 amide bonds. The van der Waals surface area contributed by atoms with Crippen molar-refractivity contribution in [1.82, 2.24) is 0 Å². The first-order valence-corrected chi connectivity index (χ1v) is 12.6. The van der Waals surface area contributed by atoms with Crippen LogP contribution >= 0.6 is 0 Å². The largest absolute Gasteiger partial charge is 0.355 e. The fourth-order valence-electron chi connectivity index (χ4n) is 3.56. The number of hydrogen-bond acceptors (Lipinski definition) is 2. The van der Waals surface area contributed by atoms with Crippen LogP contribution in [-0.4, -0.2) is 20.0 Å². The number of rotatable bonds is 24. The van der Waals surface area contributed by atoms with Crippen molar-refractivity contribution in [2.75, 3.05) is 20.0 Å². The van der Waals surface area contributed by atoms with Crippen LogP contribution in [0.3, 0.4) is 0 Å². The van der Waals surface area contributed by atoms with Gasteiger partial charge < -0.3 is 9.47 Å². The van der Waals surface area contributed by atoms with E-state index in [1.807, 2.05) is 0 Å². The molecule has 0 radical (unpaired) electrons. The van der Waals surface area contributed by atoms with Gasteiger partial charge in [-0.1, -0.05) is 129 Å². The van der Waals surface area contributed by atoms with Crippen LogP contribution in [0.5, 0.6) is 0 Å². The molecule has 0 fully saturated rings. The molecule has 0 aromatic carbocycles. The summed E-state index contributed by atoms with van der Waals surface area (Å²) in [6, 6.07) is 0. The van der Waals surface area contributed by atoms with Crippen LogP contribution in [0, 0.1) is 0 Å². The molecule has 2 heteroatoms. The van der Waals surface area contributed by atoms with E-state index in [-0.39, 0.29) is 0 Å². The average molecular weight is 385 g/mol. The third kappa shape index (κ3) is 25.9. The summed E-state index contributed by atoms with van der Waals surface area (Å²) in [6.07, 6.45) is 27.5. The van der Waals surface area contributed by atoms with E-state index in [1.54, 1.807) is 0 Å².